The van der Waals surface area contributed by atoms with Gasteiger partial charge >= 0.3 is 0 Å². The number of halogens is 2. The Morgan fingerprint density at radius 1 is 0.885 bits per heavy atom. The molecule has 3 aromatic carbocycles. The smallest absolute Gasteiger partial charge is 0.231 e. The lowest BCUT2D eigenvalue weighted by atomic mass is 9.99. The fourth-order valence-corrected chi connectivity index (χ4v) is 4.06. The Morgan fingerprint density at radius 2 is 1.46 bits per heavy atom. The van der Waals surface area contributed by atoms with Crippen molar-refractivity contribution in [3.05, 3.63) is 101 Å². The molecule has 1 atom stereocenters. The van der Waals surface area contributed by atoms with Crippen LogP contribution in [-0.2, 0) is 9.84 Å². The van der Waals surface area contributed by atoms with Crippen LogP contribution in [0.4, 0.5) is 4.39 Å². The van der Waals surface area contributed by atoms with Gasteiger partial charge in [0.1, 0.15) is 0 Å². The largest absolute Gasteiger partial charge is 0.289 e. The van der Waals surface area contributed by atoms with Gasteiger partial charge in [0, 0.05) is 21.7 Å². The van der Waals surface area contributed by atoms with Crippen molar-refractivity contribution in [2.75, 3.05) is 0 Å². The van der Waals surface area contributed by atoms with Gasteiger partial charge in [-0.3, -0.25) is 4.79 Å². The zero-order chi connectivity index (χ0) is 18.7. The van der Waals surface area contributed by atoms with Crippen LogP contribution in [0.1, 0.15) is 27.0 Å². The van der Waals surface area contributed by atoms with Crippen molar-refractivity contribution >= 4 is 27.2 Å². The van der Waals surface area contributed by atoms with Crippen molar-refractivity contribution in [2.45, 2.75) is 10.4 Å². The summed E-state index contributed by atoms with van der Waals surface area (Å²) < 4.78 is 40.4. The maximum absolute atomic E-state index is 15.1. The van der Waals surface area contributed by atoms with E-state index >= 15 is 4.39 Å². The molecule has 3 aromatic rings. The number of alkyl halides is 1. The van der Waals surface area contributed by atoms with Crippen LogP contribution in [0.15, 0.2) is 83.8 Å². The second-order valence-electron chi connectivity index (χ2n) is 5.60. The quantitative estimate of drug-likeness (QED) is 0.577. The highest BCUT2D eigenvalue weighted by molar-refractivity contribution is 7.91. The van der Waals surface area contributed by atoms with Crippen LogP contribution in [0, 0.1) is 0 Å². The standard InChI is InChI=1S/C20H14ClFO3S/c21-15-11-12-17(19(23)14-7-3-1-4-8-14)18(13-15)20(22)26(24,25)16-9-5-2-6-10-16/h1-13,20H. The van der Waals surface area contributed by atoms with Crippen molar-refractivity contribution in [3.63, 3.8) is 0 Å². The predicted octanol–water partition coefficient (Wildman–Crippen LogP) is 5.01. The number of ketones is 1. The molecule has 0 aliphatic rings. The Hall–Kier alpha value is -2.50. The monoisotopic (exact) mass is 388 g/mol. The van der Waals surface area contributed by atoms with Crippen molar-refractivity contribution < 1.29 is 17.6 Å². The van der Waals surface area contributed by atoms with Gasteiger partial charge in [0.2, 0.25) is 15.3 Å². The Labute approximate surface area is 156 Å². The van der Waals surface area contributed by atoms with E-state index in [4.69, 9.17) is 11.6 Å². The molecule has 0 bridgehead atoms. The van der Waals surface area contributed by atoms with E-state index in [1.165, 1.54) is 42.5 Å². The third kappa shape index (κ3) is 3.54. The number of hydrogen-bond donors (Lipinski definition) is 0. The molecule has 0 aliphatic carbocycles. The SMILES string of the molecule is O=C(c1ccccc1)c1ccc(Cl)cc1C(F)S(=O)(=O)c1ccccc1. The first-order valence-electron chi connectivity index (χ1n) is 7.73. The fraction of sp³-hybridized carbons (Fsp3) is 0.0500. The van der Waals surface area contributed by atoms with Crippen LogP contribution < -0.4 is 0 Å². The van der Waals surface area contributed by atoms with Crippen molar-refractivity contribution in [1.82, 2.24) is 0 Å². The first-order chi connectivity index (χ1) is 12.4. The molecular formula is C20H14ClFO3S. The van der Waals surface area contributed by atoms with Crippen LogP contribution in [0.3, 0.4) is 0 Å². The molecule has 0 radical (unpaired) electrons. The molecule has 0 saturated carbocycles. The van der Waals surface area contributed by atoms with Gasteiger partial charge in [0.25, 0.3) is 0 Å². The molecule has 0 heterocycles. The summed E-state index contributed by atoms with van der Waals surface area (Å²) >= 11 is 5.93. The molecule has 3 rings (SSSR count). The summed E-state index contributed by atoms with van der Waals surface area (Å²) in [6.07, 6.45) is 0. The summed E-state index contributed by atoms with van der Waals surface area (Å²) in [7, 11) is -4.32. The molecule has 0 fully saturated rings. The van der Waals surface area contributed by atoms with Gasteiger partial charge in [-0.2, -0.15) is 0 Å². The maximum atomic E-state index is 15.1. The van der Waals surface area contributed by atoms with E-state index in [9.17, 15) is 13.2 Å². The first kappa shape index (κ1) is 18.3. The van der Waals surface area contributed by atoms with Gasteiger partial charge < -0.3 is 0 Å². The summed E-state index contributed by atoms with van der Waals surface area (Å²) in [6, 6.07) is 19.5. The van der Waals surface area contributed by atoms with E-state index in [0.29, 0.717) is 5.56 Å². The highest BCUT2D eigenvalue weighted by atomic mass is 35.5. The summed E-state index contributed by atoms with van der Waals surface area (Å²) in [5.74, 6) is -0.469. The maximum Gasteiger partial charge on any atom is 0.231 e. The minimum atomic E-state index is -4.32. The third-order valence-corrected chi connectivity index (χ3v) is 5.85. The molecular weight excluding hydrogens is 375 g/mol. The molecule has 0 saturated heterocycles. The molecule has 0 spiro atoms. The molecule has 6 heteroatoms. The molecule has 0 N–H and O–H groups in total. The average molecular weight is 389 g/mol. The van der Waals surface area contributed by atoms with Crippen LogP contribution >= 0.6 is 11.6 Å². The van der Waals surface area contributed by atoms with Gasteiger partial charge in [-0.15, -0.1) is 0 Å². The van der Waals surface area contributed by atoms with E-state index in [1.54, 1.807) is 36.4 Å². The van der Waals surface area contributed by atoms with E-state index in [0.717, 1.165) is 0 Å². The molecule has 3 nitrogen and oxygen atoms in total. The van der Waals surface area contributed by atoms with E-state index in [-0.39, 0.29) is 21.0 Å². The zero-order valence-corrected chi connectivity index (χ0v) is 15.0. The van der Waals surface area contributed by atoms with Gasteiger partial charge in [-0.1, -0.05) is 60.1 Å². The highest BCUT2D eigenvalue weighted by Crippen LogP contribution is 2.34. The molecule has 0 aromatic heterocycles. The van der Waals surface area contributed by atoms with Crippen LogP contribution in [0.2, 0.25) is 5.02 Å². The molecule has 0 aliphatic heterocycles. The normalized spacial score (nSPS) is 12.5. The Bertz CT molecular complexity index is 1040. The topological polar surface area (TPSA) is 51.2 Å². The van der Waals surface area contributed by atoms with E-state index < -0.39 is 21.1 Å². The average Bonchev–Trinajstić information content (AvgIpc) is 2.68. The van der Waals surface area contributed by atoms with E-state index in [1.807, 2.05) is 0 Å². The summed E-state index contributed by atoms with van der Waals surface area (Å²) in [5, 5.41) is 0.149. The number of rotatable bonds is 5. The number of carbonyl (C=O) groups is 1. The van der Waals surface area contributed by atoms with Gasteiger partial charge in [-0.25, -0.2) is 12.8 Å². The highest BCUT2D eigenvalue weighted by Gasteiger charge is 2.32. The molecule has 0 amide bonds. The van der Waals surface area contributed by atoms with Crippen molar-refractivity contribution in [1.29, 1.82) is 0 Å². The lowest BCUT2D eigenvalue weighted by Crippen LogP contribution is -2.14. The Morgan fingerprint density at radius 3 is 2.08 bits per heavy atom. The minimum Gasteiger partial charge on any atom is -0.289 e. The second kappa shape index (κ2) is 7.40. The Balaban J connectivity index is 2.10. The van der Waals surface area contributed by atoms with Crippen LogP contribution in [-0.4, -0.2) is 14.2 Å². The van der Waals surface area contributed by atoms with Crippen LogP contribution in [0.25, 0.3) is 0 Å². The molecule has 1 unspecified atom stereocenters. The van der Waals surface area contributed by atoms with Crippen molar-refractivity contribution in [3.8, 4) is 0 Å². The van der Waals surface area contributed by atoms with Crippen molar-refractivity contribution in [2.24, 2.45) is 0 Å². The van der Waals surface area contributed by atoms with Gasteiger partial charge in [0.05, 0.1) is 4.90 Å². The third-order valence-electron chi connectivity index (χ3n) is 3.88. The number of benzene rings is 3. The number of hydrogen-bond acceptors (Lipinski definition) is 3. The van der Waals surface area contributed by atoms with Gasteiger partial charge in [-0.05, 0) is 30.3 Å². The first-order valence-corrected chi connectivity index (χ1v) is 9.66. The lowest BCUT2D eigenvalue weighted by Gasteiger charge is -2.15. The predicted molar refractivity (Wildman–Crippen MR) is 98.8 cm³/mol. The minimum absolute atomic E-state index is 0.0346. The number of sulfone groups is 1. The van der Waals surface area contributed by atoms with Crippen LogP contribution in [0.5, 0.6) is 0 Å². The second-order valence-corrected chi connectivity index (χ2v) is 8.01. The van der Waals surface area contributed by atoms with Gasteiger partial charge in [0.15, 0.2) is 5.78 Å². The zero-order valence-electron chi connectivity index (χ0n) is 13.5. The summed E-state index contributed by atoms with van der Waals surface area (Å²) in [5.41, 5.74) is -2.38. The fourth-order valence-electron chi connectivity index (χ4n) is 2.57. The molecule has 26 heavy (non-hydrogen) atoms. The summed E-state index contributed by atoms with van der Waals surface area (Å²) in [4.78, 5) is 12.6. The Kier molecular flexibility index (Phi) is 5.20. The van der Waals surface area contributed by atoms with E-state index in [2.05, 4.69) is 0 Å². The summed E-state index contributed by atoms with van der Waals surface area (Å²) in [6.45, 7) is 0. The molecule has 132 valence electrons. The lowest BCUT2D eigenvalue weighted by molar-refractivity contribution is 0.103. The number of carbonyl (C=O) groups excluding carboxylic acids is 1.